The fourth-order valence-electron chi connectivity index (χ4n) is 3.16. The molecule has 24 heavy (non-hydrogen) atoms. The van der Waals surface area contributed by atoms with E-state index in [0.29, 0.717) is 26.1 Å². The molecule has 1 aromatic rings. The van der Waals surface area contributed by atoms with Gasteiger partial charge < -0.3 is 14.8 Å². The van der Waals surface area contributed by atoms with Gasteiger partial charge in [0.1, 0.15) is 6.54 Å². The number of pyridine rings is 1. The quantitative estimate of drug-likeness (QED) is 0.789. The van der Waals surface area contributed by atoms with Crippen LogP contribution >= 0.6 is 0 Å². The Hall–Kier alpha value is -2.15. The summed E-state index contributed by atoms with van der Waals surface area (Å²) in [5, 5.41) is 2.93. The molecule has 1 aliphatic rings. The van der Waals surface area contributed by atoms with Crippen molar-refractivity contribution in [3.05, 3.63) is 34.7 Å². The number of carbonyl (C=O) groups excluding carboxylic acids is 2. The highest BCUT2D eigenvalue weighted by Crippen LogP contribution is 2.18. The second-order valence-electron chi connectivity index (χ2n) is 6.13. The Labute approximate surface area is 142 Å². The van der Waals surface area contributed by atoms with Crippen LogP contribution in [0.5, 0.6) is 0 Å². The summed E-state index contributed by atoms with van der Waals surface area (Å²) in [7, 11) is 1.90. The second kappa shape index (κ2) is 8.10. The van der Waals surface area contributed by atoms with E-state index in [1.807, 2.05) is 30.7 Å². The van der Waals surface area contributed by atoms with E-state index in [4.69, 9.17) is 0 Å². The van der Waals surface area contributed by atoms with Crippen molar-refractivity contribution in [2.45, 2.75) is 38.9 Å². The van der Waals surface area contributed by atoms with Crippen LogP contribution in [0, 0.1) is 0 Å². The van der Waals surface area contributed by atoms with Crippen molar-refractivity contribution < 1.29 is 9.59 Å². The molecule has 0 bridgehead atoms. The molecule has 132 valence electrons. The van der Waals surface area contributed by atoms with E-state index in [0.717, 1.165) is 0 Å². The van der Waals surface area contributed by atoms with Crippen LogP contribution in [0.2, 0.25) is 0 Å². The molecule has 2 atom stereocenters. The number of nitrogens with one attached hydrogen (secondary N) is 1. The van der Waals surface area contributed by atoms with E-state index in [2.05, 4.69) is 5.32 Å². The number of carbonyl (C=O) groups is 2. The number of hydrogen-bond acceptors (Lipinski definition) is 4. The minimum Gasteiger partial charge on any atom is -0.350 e. The predicted octanol–water partition coefficient (Wildman–Crippen LogP) is -0.0944. The first-order valence-electron chi connectivity index (χ1n) is 8.40. The summed E-state index contributed by atoms with van der Waals surface area (Å²) in [5.41, 5.74) is -0.203. The lowest BCUT2D eigenvalue weighted by atomic mass is 10.1. The van der Waals surface area contributed by atoms with Gasteiger partial charge in [-0.25, -0.2) is 0 Å². The fraction of sp³-hybridized carbons (Fsp3) is 0.588. The molecule has 0 aliphatic carbocycles. The van der Waals surface area contributed by atoms with Gasteiger partial charge in [0.2, 0.25) is 11.8 Å². The number of amides is 2. The first-order chi connectivity index (χ1) is 11.5. The number of rotatable bonds is 6. The average molecular weight is 334 g/mol. The summed E-state index contributed by atoms with van der Waals surface area (Å²) in [5.74, 6) is -0.101. The van der Waals surface area contributed by atoms with E-state index >= 15 is 0 Å². The van der Waals surface area contributed by atoms with Gasteiger partial charge in [-0.15, -0.1) is 0 Å². The van der Waals surface area contributed by atoms with Gasteiger partial charge in [-0.05, 0) is 33.4 Å². The maximum Gasteiger partial charge on any atom is 0.250 e. The van der Waals surface area contributed by atoms with Gasteiger partial charge in [-0.3, -0.25) is 19.3 Å². The molecule has 0 radical (unpaired) electrons. The second-order valence-corrected chi connectivity index (χ2v) is 6.13. The van der Waals surface area contributed by atoms with Crippen LogP contribution in [0.1, 0.15) is 20.3 Å². The number of aromatic nitrogens is 1. The predicted molar refractivity (Wildman–Crippen MR) is 91.6 cm³/mol. The molecule has 7 nitrogen and oxygen atoms in total. The molecular weight excluding hydrogens is 308 g/mol. The lowest BCUT2D eigenvalue weighted by molar-refractivity contribution is -0.135. The van der Waals surface area contributed by atoms with E-state index < -0.39 is 0 Å². The molecule has 1 saturated heterocycles. The van der Waals surface area contributed by atoms with E-state index in [1.54, 1.807) is 18.3 Å². The third-order valence-electron chi connectivity index (χ3n) is 4.49. The molecule has 2 rings (SSSR count). The molecule has 1 fully saturated rings. The monoisotopic (exact) mass is 334 g/mol. The Kier molecular flexibility index (Phi) is 6.14. The summed E-state index contributed by atoms with van der Waals surface area (Å²) < 4.78 is 1.37. The smallest absolute Gasteiger partial charge is 0.250 e. The summed E-state index contributed by atoms with van der Waals surface area (Å²) >= 11 is 0. The standard InChI is InChI=1S/C17H26N4O3/c1-4-20(5-2)17(24)14-10-13(11-19(14)3)18-15(22)12-21-9-7-6-8-16(21)23/h6-9,13-14H,4-5,10-12H2,1-3H3,(H,18,22)/t13-,14+/m1/s1. The molecule has 1 aromatic heterocycles. The summed E-state index contributed by atoms with van der Waals surface area (Å²) in [4.78, 5) is 40.1. The highest BCUT2D eigenvalue weighted by molar-refractivity contribution is 5.82. The molecule has 0 unspecified atom stereocenters. The minimum absolute atomic E-state index is 0.00541. The van der Waals surface area contributed by atoms with Crippen molar-refractivity contribution in [2.75, 3.05) is 26.7 Å². The van der Waals surface area contributed by atoms with Crippen LogP contribution < -0.4 is 10.9 Å². The van der Waals surface area contributed by atoms with Crippen molar-refractivity contribution in [1.29, 1.82) is 0 Å². The van der Waals surface area contributed by atoms with Crippen LogP contribution in [0.3, 0.4) is 0 Å². The van der Waals surface area contributed by atoms with Gasteiger partial charge in [0.25, 0.3) is 5.56 Å². The van der Waals surface area contributed by atoms with Gasteiger partial charge in [0.15, 0.2) is 0 Å². The Bertz CT molecular complexity index is 639. The molecule has 2 amide bonds. The van der Waals surface area contributed by atoms with Gasteiger partial charge in [0.05, 0.1) is 6.04 Å². The van der Waals surface area contributed by atoms with Crippen LogP contribution in [0.15, 0.2) is 29.2 Å². The molecular formula is C17H26N4O3. The molecule has 0 aromatic carbocycles. The maximum absolute atomic E-state index is 12.5. The molecule has 1 aliphatic heterocycles. The Balaban J connectivity index is 1.93. The molecule has 1 N–H and O–H groups in total. The van der Waals surface area contributed by atoms with Gasteiger partial charge in [-0.2, -0.15) is 0 Å². The van der Waals surface area contributed by atoms with Crippen LogP contribution in [0.4, 0.5) is 0 Å². The highest BCUT2D eigenvalue weighted by Gasteiger charge is 2.36. The van der Waals surface area contributed by atoms with E-state index in [1.165, 1.54) is 10.6 Å². The lowest BCUT2D eigenvalue weighted by Gasteiger charge is -2.26. The normalized spacial score (nSPS) is 20.8. The molecule has 7 heteroatoms. The maximum atomic E-state index is 12.5. The summed E-state index contributed by atoms with van der Waals surface area (Å²) in [6, 6.07) is 4.51. The van der Waals surface area contributed by atoms with Gasteiger partial charge in [-0.1, -0.05) is 6.07 Å². The van der Waals surface area contributed by atoms with Crippen LogP contribution in [-0.4, -0.2) is 64.9 Å². The van der Waals surface area contributed by atoms with Crippen LogP contribution in [-0.2, 0) is 16.1 Å². The highest BCUT2D eigenvalue weighted by atomic mass is 16.2. The zero-order valence-electron chi connectivity index (χ0n) is 14.6. The fourth-order valence-corrected chi connectivity index (χ4v) is 3.16. The molecule has 2 heterocycles. The Morgan fingerprint density at radius 1 is 1.29 bits per heavy atom. The van der Waals surface area contributed by atoms with Crippen molar-refractivity contribution >= 4 is 11.8 Å². The zero-order chi connectivity index (χ0) is 17.7. The summed E-state index contributed by atoms with van der Waals surface area (Å²) in [6.45, 7) is 5.93. The van der Waals surface area contributed by atoms with Crippen molar-refractivity contribution in [3.63, 3.8) is 0 Å². The lowest BCUT2D eigenvalue weighted by Crippen LogP contribution is -2.44. The van der Waals surface area contributed by atoms with Crippen molar-refractivity contribution in [3.8, 4) is 0 Å². The van der Waals surface area contributed by atoms with E-state index in [-0.39, 0.29) is 36.0 Å². The third kappa shape index (κ3) is 4.23. The van der Waals surface area contributed by atoms with Gasteiger partial charge >= 0.3 is 0 Å². The Morgan fingerprint density at radius 2 is 2.00 bits per heavy atom. The number of hydrogen-bond donors (Lipinski definition) is 1. The molecule has 0 spiro atoms. The minimum atomic E-state index is -0.211. The van der Waals surface area contributed by atoms with Crippen LogP contribution in [0.25, 0.3) is 0 Å². The first-order valence-corrected chi connectivity index (χ1v) is 8.40. The van der Waals surface area contributed by atoms with E-state index in [9.17, 15) is 14.4 Å². The Morgan fingerprint density at radius 3 is 2.62 bits per heavy atom. The van der Waals surface area contributed by atoms with Crippen molar-refractivity contribution in [2.24, 2.45) is 0 Å². The summed E-state index contributed by atoms with van der Waals surface area (Å²) in [6.07, 6.45) is 2.19. The number of likely N-dealkylation sites (N-methyl/N-ethyl adjacent to an activating group) is 2. The topological polar surface area (TPSA) is 74.6 Å². The first kappa shape index (κ1) is 18.2. The molecule has 0 saturated carbocycles. The number of nitrogens with zero attached hydrogens (tertiary/aromatic N) is 3. The van der Waals surface area contributed by atoms with Gasteiger partial charge in [0, 0.05) is 37.9 Å². The largest absolute Gasteiger partial charge is 0.350 e. The SMILES string of the molecule is CCN(CC)C(=O)[C@@H]1C[C@@H](NC(=O)Cn2ccccc2=O)CN1C. The third-order valence-corrected chi connectivity index (χ3v) is 4.49. The average Bonchev–Trinajstić information content (AvgIpc) is 2.91. The van der Waals surface area contributed by atoms with Crippen molar-refractivity contribution in [1.82, 2.24) is 19.7 Å². The number of likely N-dealkylation sites (tertiary alicyclic amines) is 1. The zero-order valence-corrected chi connectivity index (χ0v) is 14.6.